The Morgan fingerprint density at radius 1 is 1.06 bits per heavy atom. The highest BCUT2D eigenvalue weighted by molar-refractivity contribution is 6.30. The van der Waals surface area contributed by atoms with Crippen LogP contribution >= 0.6 is 11.6 Å². The van der Waals surface area contributed by atoms with Crippen molar-refractivity contribution in [3.63, 3.8) is 0 Å². The molecule has 0 spiro atoms. The maximum Gasteiger partial charge on any atom is 0.329 e. The Morgan fingerprint density at radius 3 is 2.41 bits per heavy atom. The molecule has 0 saturated heterocycles. The van der Waals surface area contributed by atoms with Crippen LogP contribution in [0.2, 0.25) is 5.02 Å². The Morgan fingerprint density at radius 2 is 1.78 bits per heavy atom. The van der Waals surface area contributed by atoms with Crippen molar-refractivity contribution in [1.29, 1.82) is 0 Å². The molecular formula is C23H27ClN6O2. The van der Waals surface area contributed by atoms with Crippen molar-refractivity contribution >= 4 is 22.8 Å². The molecule has 1 aromatic carbocycles. The zero-order valence-electron chi connectivity index (χ0n) is 18.6. The third-order valence-corrected chi connectivity index (χ3v) is 5.41. The zero-order chi connectivity index (χ0) is 23.3. The highest BCUT2D eigenvalue weighted by atomic mass is 35.5. The number of halogens is 1. The van der Waals surface area contributed by atoms with Gasteiger partial charge in [-0.2, -0.15) is 0 Å². The smallest absolute Gasteiger partial charge is 0.328 e. The molecule has 9 heteroatoms. The third kappa shape index (κ3) is 5.52. The maximum atomic E-state index is 11.3. The summed E-state index contributed by atoms with van der Waals surface area (Å²) in [4.78, 5) is 35.3. The summed E-state index contributed by atoms with van der Waals surface area (Å²) in [7, 11) is 7.46. The minimum Gasteiger partial charge on any atom is -0.328 e. The van der Waals surface area contributed by atoms with Gasteiger partial charge in [-0.05, 0) is 56.9 Å². The number of fused-ring (bicyclic) bond motifs is 1. The lowest BCUT2D eigenvalue weighted by Crippen LogP contribution is -2.28. The fourth-order valence-corrected chi connectivity index (χ4v) is 3.54. The molecule has 1 N–H and O–H groups in total. The van der Waals surface area contributed by atoms with Gasteiger partial charge in [-0.3, -0.25) is 19.3 Å². The summed E-state index contributed by atoms with van der Waals surface area (Å²) in [5, 5.41) is 0.774. The molecule has 1 unspecified atom stereocenters. The maximum absolute atomic E-state index is 11.3. The van der Waals surface area contributed by atoms with Crippen molar-refractivity contribution in [2.75, 3.05) is 20.6 Å². The molecule has 8 nitrogen and oxygen atoms in total. The Kier molecular flexibility index (Phi) is 7.61. The molecule has 1 atom stereocenters. The monoisotopic (exact) mass is 454 g/mol. The molecular weight excluding hydrogens is 428 g/mol. The topological polar surface area (TPSA) is 88.8 Å². The molecule has 0 radical (unpaired) electrons. The number of aryl methyl sites for hydroxylation is 2. The molecule has 168 valence electrons. The highest BCUT2D eigenvalue weighted by Gasteiger charge is 2.15. The summed E-state index contributed by atoms with van der Waals surface area (Å²) in [6.45, 7) is 1.03. The van der Waals surface area contributed by atoms with Crippen molar-refractivity contribution in [3.05, 3.63) is 92.1 Å². The number of aromatic nitrogens is 5. The number of nitrogens with zero attached hydrogens (tertiary/aromatic N) is 5. The number of rotatable bonds is 5. The Balaban J connectivity index is 0.000000193. The van der Waals surface area contributed by atoms with E-state index in [-0.39, 0.29) is 0 Å². The van der Waals surface area contributed by atoms with Gasteiger partial charge in [-0.1, -0.05) is 29.8 Å². The predicted molar refractivity (Wildman–Crippen MR) is 127 cm³/mol. The normalized spacial score (nSPS) is 11.9. The van der Waals surface area contributed by atoms with Crippen molar-refractivity contribution in [2.45, 2.75) is 12.3 Å². The predicted octanol–water partition coefficient (Wildman–Crippen LogP) is 2.78. The molecule has 0 fully saturated rings. The summed E-state index contributed by atoms with van der Waals surface area (Å²) >= 11 is 5.97. The molecule has 0 aliphatic rings. The molecule has 0 amide bonds. The molecule has 3 aromatic heterocycles. The number of nitrogens with one attached hydrogen (secondary N) is 1. The van der Waals surface area contributed by atoms with Crippen LogP contribution in [0.15, 0.2) is 64.6 Å². The first-order chi connectivity index (χ1) is 15.3. The average Bonchev–Trinajstić information content (AvgIpc) is 3.17. The van der Waals surface area contributed by atoms with Gasteiger partial charge in [0.1, 0.15) is 0 Å². The number of imidazole rings is 1. The molecule has 4 rings (SSSR count). The number of hydrogen-bond acceptors (Lipinski definition) is 5. The minimum absolute atomic E-state index is 0.320. The van der Waals surface area contributed by atoms with Crippen LogP contribution in [0, 0.1) is 0 Å². The van der Waals surface area contributed by atoms with E-state index in [4.69, 9.17) is 11.6 Å². The fraction of sp³-hybridized carbons (Fsp3) is 0.304. The van der Waals surface area contributed by atoms with Crippen LogP contribution in [-0.2, 0) is 14.1 Å². The largest absolute Gasteiger partial charge is 0.329 e. The van der Waals surface area contributed by atoms with E-state index in [9.17, 15) is 9.59 Å². The van der Waals surface area contributed by atoms with Crippen LogP contribution in [-0.4, -0.2) is 49.6 Å². The molecule has 0 aliphatic heterocycles. The van der Waals surface area contributed by atoms with Gasteiger partial charge in [0.2, 0.25) is 0 Å². The molecule has 4 aromatic rings. The Bertz CT molecular complexity index is 1280. The van der Waals surface area contributed by atoms with Crippen molar-refractivity contribution < 1.29 is 0 Å². The van der Waals surface area contributed by atoms with Gasteiger partial charge in [0.05, 0.1) is 6.33 Å². The lowest BCUT2D eigenvalue weighted by Gasteiger charge is -2.19. The average molecular weight is 455 g/mol. The molecule has 3 heterocycles. The van der Waals surface area contributed by atoms with Crippen LogP contribution < -0.4 is 11.2 Å². The molecule has 32 heavy (non-hydrogen) atoms. The summed E-state index contributed by atoms with van der Waals surface area (Å²) in [5.41, 5.74) is 2.34. The summed E-state index contributed by atoms with van der Waals surface area (Å²) in [6, 6.07) is 14.2. The highest BCUT2D eigenvalue weighted by Crippen LogP contribution is 2.27. The first-order valence-electron chi connectivity index (χ1n) is 10.2. The number of H-pyrrole nitrogens is 1. The van der Waals surface area contributed by atoms with E-state index < -0.39 is 11.2 Å². The van der Waals surface area contributed by atoms with Crippen molar-refractivity contribution in [2.24, 2.45) is 14.1 Å². The second kappa shape index (κ2) is 10.4. The van der Waals surface area contributed by atoms with Gasteiger partial charge >= 0.3 is 5.69 Å². The quantitative estimate of drug-likeness (QED) is 0.501. The van der Waals surface area contributed by atoms with Crippen LogP contribution in [0.5, 0.6) is 0 Å². The van der Waals surface area contributed by atoms with Gasteiger partial charge in [0, 0.05) is 36.9 Å². The Labute approximate surface area is 191 Å². The van der Waals surface area contributed by atoms with Crippen LogP contribution in [0.4, 0.5) is 0 Å². The van der Waals surface area contributed by atoms with E-state index in [1.165, 1.54) is 16.5 Å². The SMILES string of the molecule is CN(C)CCC(c1ccc(Cl)cc1)c1ccccn1.Cn1cnc2c1c(=O)[nH]c(=O)n2C. The Hall–Kier alpha value is -3.23. The number of pyridine rings is 1. The minimum atomic E-state index is -0.448. The summed E-state index contributed by atoms with van der Waals surface area (Å²) in [5.74, 6) is 0.320. The van der Waals surface area contributed by atoms with Gasteiger partial charge in [-0.25, -0.2) is 9.78 Å². The van der Waals surface area contributed by atoms with Gasteiger partial charge in [-0.15, -0.1) is 0 Å². The third-order valence-electron chi connectivity index (χ3n) is 5.16. The summed E-state index contributed by atoms with van der Waals surface area (Å²) < 4.78 is 2.88. The standard InChI is InChI=1S/C16H19ClN2.C7H8N4O2/c1-19(2)12-10-15(16-5-3-4-11-18-16)13-6-8-14(17)9-7-13;1-10-3-8-5-4(10)6(12)9-7(13)11(5)2/h3-9,11,15H,10,12H2,1-2H3;3H,1-2H3,(H,9,12,13). The summed E-state index contributed by atoms with van der Waals surface area (Å²) in [6.07, 6.45) is 4.40. The molecule has 0 saturated carbocycles. The van der Waals surface area contributed by atoms with Gasteiger partial charge in [0.25, 0.3) is 5.56 Å². The first-order valence-corrected chi connectivity index (χ1v) is 10.6. The number of benzene rings is 1. The second-order valence-corrected chi connectivity index (χ2v) is 8.23. The van der Waals surface area contributed by atoms with Gasteiger partial charge < -0.3 is 9.47 Å². The van der Waals surface area contributed by atoms with Crippen LogP contribution in [0.25, 0.3) is 11.2 Å². The van der Waals surface area contributed by atoms with E-state index in [1.807, 2.05) is 30.5 Å². The van der Waals surface area contributed by atoms with Crippen molar-refractivity contribution in [1.82, 2.24) is 29.0 Å². The van der Waals surface area contributed by atoms with E-state index in [0.29, 0.717) is 17.1 Å². The van der Waals surface area contributed by atoms with E-state index in [0.717, 1.165) is 23.7 Å². The lowest BCUT2D eigenvalue weighted by molar-refractivity contribution is 0.389. The van der Waals surface area contributed by atoms with Crippen LogP contribution in [0.3, 0.4) is 0 Å². The van der Waals surface area contributed by atoms with Crippen molar-refractivity contribution in [3.8, 4) is 0 Å². The number of aromatic amines is 1. The number of hydrogen-bond donors (Lipinski definition) is 1. The lowest BCUT2D eigenvalue weighted by atomic mass is 9.92. The first kappa shape index (κ1) is 23.4. The van der Waals surface area contributed by atoms with Crippen LogP contribution in [0.1, 0.15) is 23.6 Å². The second-order valence-electron chi connectivity index (χ2n) is 7.80. The van der Waals surface area contributed by atoms with Gasteiger partial charge in [0.15, 0.2) is 11.2 Å². The molecule has 0 bridgehead atoms. The molecule has 0 aliphatic carbocycles. The van der Waals surface area contributed by atoms with E-state index in [1.54, 1.807) is 18.7 Å². The zero-order valence-corrected chi connectivity index (χ0v) is 19.4. The van der Waals surface area contributed by atoms with E-state index in [2.05, 4.69) is 52.1 Å². The fourth-order valence-electron chi connectivity index (χ4n) is 3.41. The van der Waals surface area contributed by atoms with E-state index >= 15 is 0 Å².